The molecule has 1 saturated carbocycles. The maximum absolute atomic E-state index is 13.1. The number of aromatic nitrogens is 1. The minimum atomic E-state index is -4.63. The molecule has 1 aliphatic rings. The van der Waals surface area contributed by atoms with Gasteiger partial charge in [-0.05, 0) is 55.2 Å². The van der Waals surface area contributed by atoms with Crippen LogP contribution in [0, 0.1) is 5.92 Å². The average Bonchev–Trinajstić information content (AvgIpc) is 2.80. The molecule has 1 fully saturated rings. The summed E-state index contributed by atoms with van der Waals surface area (Å²) in [4.78, 5) is 28.4. The van der Waals surface area contributed by atoms with Crippen molar-refractivity contribution in [2.24, 2.45) is 5.92 Å². The van der Waals surface area contributed by atoms with Gasteiger partial charge in [0.2, 0.25) is 5.43 Å². The van der Waals surface area contributed by atoms with Gasteiger partial charge in [0.1, 0.15) is 5.56 Å². The SMILES string of the molecule is C[C@@H]1CCCC[C@@H]1NC(=O)c1c[nH]c2ccc(S(=O)(=O)Nc3cccc(C(F)(F)F)c3)cc2c1=O. The summed E-state index contributed by atoms with van der Waals surface area (Å²) in [5.74, 6) is -0.256. The van der Waals surface area contributed by atoms with Crippen molar-refractivity contribution < 1.29 is 26.4 Å². The molecular formula is C24H24F3N3O4S. The summed E-state index contributed by atoms with van der Waals surface area (Å²) in [6.07, 6.45) is 0.549. The summed E-state index contributed by atoms with van der Waals surface area (Å²) in [5, 5.41) is 2.88. The monoisotopic (exact) mass is 507 g/mol. The highest BCUT2D eigenvalue weighted by Gasteiger charge is 2.31. The van der Waals surface area contributed by atoms with Crippen LogP contribution in [0.4, 0.5) is 18.9 Å². The fraction of sp³-hybridized carbons (Fsp3) is 0.333. The number of rotatable bonds is 5. The summed E-state index contributed by atoms with van der Waals surface area (Å²) in [7, 11) is -4.32. The Morgan fingerprint density at radius 1 is 1.09 bits per heavy atom. The van der Waals surface area contributed by atoms with E-state index >= 15 is 0 Å². The van der Waals surface area contributed by atoms with E-state index in [2.05, 4.69) is 15.0 Å². The summed E-state index contributed by atoms with van der Waals surface area (Å²) >= 11 is 0. The van der Waals surface area contributed by atoms with Gasteiger partial charge in [-0.25, -0.2) is 8.42 Å². The van der Waals surface area contributed by atoms with Crippen molar-refractivity contribution in [1.29, 1.82) is 0 Å². The number of halogens is 3. The standard InChI is InChI=1S/C24H24F3N3O4S/c1-14-5-2-3-8-20(14)29-23(32)19-13-28-21-10-9-17(12-18(21)22(19)31)35(33,34)30-16-7-4-6-15(11-16)24(25,26)27/h4,6-7,9-14,20,30H,2-3,5,8H2,1H3,(H,28,31)(H,29,32)/t14-,20+/m1/s1. The van der Waals surface area contributed by atoms with Gasteiger partial charge in [0, 0.05) is 28.8 Å². The maximum Gasteiger partial charge on any atom is 0.416 e. The molecule has 0 unspecified atom stereocenters. The normalized spacial score (nSPS) is 18.9. The van der Waals surface area contributed by atoms with Crippen LogP contribution in [0.3, 0.4) is 0 Å². The van der Waals surface area contributed by atoms with Crippen molar-refractivity contribution >= 4 is 32.5 Å². The van der Waals surface area contributed by atoms with E-state index in [0.29, 0.717) is 11.6 Å². The molecule has 1 aliphatic carbocycles. The zero-order valence-electron chi connectivity index (χ0n) is 18.8. The second-order valence-corrected chi connectivity index (χ2v) is 10.4. The van der Waals surface area contributed by atoms with E-state index in [4.69, 9.17) is 0 Å². The number of carbonyl (C=O) groups is 1. The summed E-state index contributed by atoms with van der Waals surface area (Å²) in [6, 6.07) is 7.42. The van der Waals surface area contributed by atoms with E-state index in [-0.39, 0.29) is 33.5 Å². The first-order valence-corrected chi connectivity index (χ1v) is 12.6. The number of fused-ring (bicyclic) bond motifs is 1. The molecule has 35 heavy (non-hydrogen) atoms. The van der Waals surface area contributed by atoms with Gasteiger partial charge in [0.05, 0.1) is 10.5 Å². The van der Waals surface area contributed by atoms with E-state index in [1.165, 1.54) is 24.4 Å². The topological polar surface area (TPSA) is 108 Å². The number of benzene rings is 2. The van der Waals surface area contributed by atoms with Crippen LogP contribution in [0.25, 0.3) is 10.9 Å². The maximum atomic E-state index is 13.1. The lowest BCUT2D eigenvalue weighted by atomic mass is 9.86. The van der Waals surface area contributed by atoms with Crippen LogP contribution < -0.4 is 15.5 Å². The van der Waals surface area contributed by atoms with Crippen LogP contribution in [-0.2, 0) is 16.2 Å². The van der Waals surface area contributed by atoms with E-state index in [9.17, 15) is 31.2 Å². The smallest absolute Gasteiger partial charge is 0.360 e. The number of alkyl halides is 3. The van der Waals surface area contributed by atoms with Gasteiger partial charge in [0.15, 0.2) is 0 Å². The van der Waals surface area contributed by atoms with Gasteiger partial charge in [0.25, 0.3) is 15.9 Å². The average molecular weight is 508 g/mol. The van der Waals surface area contributed by atoms with Crippen molar-refractivity contribution in [3.63, 3.8) is 0 Å². The van der Waals surface area contributed by atoms with E-state index in [1.54, 1.807) is 0 Å². The highest BCUT2D eigenvalue weighted by Crippen LogP contribution is 2.31. The predicted octanol–water partition coefficient (Wildman–Crippen LogP) is 4.66. The van der Waals surface area contributed by atoms with E-state index < -0.39 is 33.1 Å². The zero-order valence-corrected chi connectivity index (χ0v) is 19.6. The molecule has 1 amide bonds. The molecule has 3 N–H and O–H groups in total. The number of hydrogen-bond acceptors (Lipinski definition) is 4. The van der Waals surface area contributed by atoms with Crippen molar-refractivity contribution in [1.82, 2.24) is 10.3 Å². The molecule has 2 atom stereocenters. The Morgan fingerprint density at radius 2 is 1.83 bits per heavy atom. The predicted molar refractivity (Wildman–Crippen MR) is 126 cm³/mol. The third-order valence-corrected chi connectivity index (χ3v) is 7.66. The number of pyridine rings is 1. The first-order valence-electron chi connectivity index (χ1n) is 11.1. The van der Waals surface area contributed by atoms with Gasteiger partial charge >= 0.3 is 6.18 Å². The Labute approximate surface area is 199 Å². The van der Waals surface area contributed by atoms with Crippen molar-refractivity contribution in [2.75, 3.05) is 4.72 Å². The van der Waals surface area contributed by atoms with Gasteiger partial charge < -0.3 is 10.3 Å². The van der Waals surface area contributed by atoms with Crippen LogP contribution in [0.2, 0.25) is 0 Å². The summed E-state index contributed by atoms with van der Waals surface area (Å²) < 4.78 is 66.7. The van der Waals surface area contributed by atoms with Gasteiger partial charge in [-0.2, -0.15) is 13.2 Å². The second kappa shape index (κ2) is 9.37. The first kappa shape index (κ1) is 24.8. The number of sulfonamides is 1. The van der Waals surface area contributed by atoms with E-state index in [1.807, 2.05) is 6.92 Å². The summed E-state index contributed by atoms with van der Waals surface area (Å²) in [6.45, 7) is 2.04. The molecule has 0 spiro atoms. The molecule has 0 aliphatic heterocycles. The largest absolute Gasteiger partial charge is 0.416 e. The number of aromatic amines is 1. The molecule has 0 saturated heterocycles. The third kappa shape index (κ3) is 5.34. The Kier molecular flexibility index (Phi) is 6.63. The minimum Gasteiger partial charge on any atom is -0.360 e. The number of nitrogens with one attached hydrogen (secondary N) is 3. The summed E-state index contributed by atoms with van der Waals surface area (Å²) in [5.41, 5.74) is -1.75. The Morgan fingerprint density at radius 3 is 2.54 bits per heavy atom. The fourth-order valence-corrected chi connectivity index (χ4v) is 5.36. The lowest BCUT2D eigenvalue weighted by Gasteiger charge is -2.29. The first-order chi connectivity index (χ1) is 16.5. The highest BCUT2D eigenvalue weighted by atomic mass is 32.2. The highest BCUT2D eigenvalue weighted by molar-refractivity contribution is 7.92. The molecular weight excluding hydrogens is 483 g/mol. The van der Waals surface area contributed by atoms with Crippen LogP contribution in [0.15, 0.2) is 58.4 Å². The van der Waals surface area contributed by atoms with Gasteiger partial charge in [-0.1, -0.05) is 25.8 Å². The molecule has 1 aromatic heterocycles. The molecule has 0 bridgehead atoms. The third-order valence-electron chi connectivity index (χ3n) is 6.28. The molecule has 7 nitrogen and oxygen atoms in total. The van der Waals surface area contributed by atoms with Gasteiger partial charge in [-0.15, -0.1) is 0 Å². The van der Waals surface area contributed by atoms with Gasteiger partial charge in [-0.3, -0.25) is 14.3 Å². The van der Waals surface area contributed by atoms with Crippen LogP contribution in [0.1, 0.15) is 48.5 Å². The minimum absolute atomic E-state index is 0.0266. The lowest BCUT2D eigenvalue weighted by molar-refractivity contribution is -0.137. The fourth-order valence-electron chi connectivity index (χ4n) is 4.28. The molecule has 2 aromatic carbocycles. The van der Waals surface area contributed by atoms with Crippen molar-refractivity contribution in [3.8, 4) is 0 Å². The lowest BCUT2D eigenvalue weighted by Crippen LogP contribution is -2.42. The second-order valence-electron chi connectivity index (χ2n) is 8.76. The number of H-pyrrole nitrogens is 1. The molecule has 0 radical (unpaired) electrons. The zero-order chi connectivity index (χ0) is 25.4. The van der Waals surface area contributed by atoms with Crippen LogP contribution in [-0.4, -0.2) is 25.4 Å². The number of anilines is 1. The molecule has 1 heterocycles. The molecule has 11 heteroatoms. The van der Waals surface area contributed by atoms with Crippen molar-refractivity contribution in [2.45, 2.75) is 49.7 Å². The molecule has 4 rings (SSSR count). The Hall–Kier alpha value is -3.34. The van der Waals surface area contributed by atoms with Crippen LogP contribution in [0.5, 0.6) is 0 Å². The van der Waals surface area contributed by atoms with Crippen LogP contribution >= 0.6 is 0 Å². The molecule has 3 aromatic rings. The quantitative estimate of drug-likeness (QED) is 0.467. The number of hydrogen-bond donors (Lipinski definition) is 3. The van der Waals surface area contributed by atoms with E-state index in [0.717, 1.165) is 43.9 Å². The Bertz CT molecular complexity index is 1430. The van der Waals surface area contributed by atoms with Crippen molar-refractivity contribution in [3.05, 3.63) is 70.0 Å². The molecule has 186 valence electrons. The number of amides is 1. The number of carbonyl (C=O) groups excluding carboxylic acids is 1. The Balaban J connectivity index is 1.64.